The highest BCUT2D eigenvalue weighted by Crippen LogP contribution is 2.36. The Hall–Kier alpha value is -3.37. The number of rotatable bonds is 5. The first-order valence-electron chi connectivity index (χ1n) is 9.13. The van der Waals surface area contributed by atoms with Gasteiger partial charge in [-0.2, -0.15) is 0 Å². The number of nitrogens with one attached hydrogen (secondary N) is 2. The van der Waals surface area contributed by atoms with E-state index in [2.05, 4.69) is 15.6 Å². The van der Waals surface area contributed by atoms with Gasteiger partial charge >= 0.3 is 0 Å². The lowest BCUT2D eigenvalue weighted by molar-refractivity contribution is -0.123. The summed E-state index contributed by atoms with van der Waals surface area (Å²) in [5.74, 6) is -0.0630. The number of carbonyl (C=O) groups excluding carboxylic acids is 3. The van der Waals surface area contributed by atoms with E-state index in [1.165, 1.54) is 30.3 Å². The molecule has 11 heteroatoms. The van der Waals surface area contributed by atoms with Crippen molar-refractivity contribution in [1.29, 1.82) is 0 Å². The van der Waals surface area contributed by atoms with Crippen LogP contribution in [0.15, 0.2) is 30.3 Å². The summed E-state index contributed by atoms with van der Waals surface area (Å²) in [5.41, 5.74) is 1.48. The Bertz CT molecular complexity index is 1210. The molecule has 3 aromatic rings. The highest BCUT2D eigenvalue weighted by molar-refractivity contribution is 7.22. The molecule has 0 spiro atoms. The van der Waals surface area contributed by atoms with Crippen LogP contribution in [-0.2, 0) is 14.4 Å². The number of benzene rings is 2. The minimum Gasteiger partial charge on any atom is -0.494 e. The number of hydrogen-bond donors (Lipinski definition) is 2. The van der Waals surface area contributed by atoms with E-state index < -0.39 is 5.91 Å². The fraction of sp³-hybridized carbons (Fsp3) is 0.200. The minimum atomic E-state index is -0.408. The van der Waals surface area contributed by atoms with Crippen LogP contribution in [0, 0.1) is 0 Å². The van der Waals surface area contributed by atoms with E-state index in [9.17, 15) is 14.4 Å². The number of thiazole rings is 1. The number of methoxy groups -OCH3 is 1. The molecule has 0 fully saturated rings. The number of anilines is 3. The Labute approximate surface area is 185 Å². The summed E-state index contributed by atoms with van der Waals surface area (Å²) in [6.45, 7) is 1.03. The lowest BCUT2D eigenvalue weighted by Crippen LogP contribution is -2.43. The molecule has 0 aliphatic carbocycles. The second-order valence-electron chi connectivity index (χ2n) is 6.65. The molecule has 0 saturated heterocycles. The molecule has 1 aromatic heterocycles. The van der Waals surface area contributed by atoms with Gasteiger partial charge in [0.1, 0.15) is 23.6 Å². The maximum Gasteiger partial charge on any atom is 0.265 e. The van der Waals surface area contributed by atoms with Crippen molar-refractivity contribution in [3.8, 4) is 11.5 Å². The number of ether oxygens (including phenoxy) is 2. The van der Waals surface area contributed by atoms with Crippen molar-refractivity contribution in [3.63, 3.8) is 0 Å². The lowest BCUT2D eigenvalue weighted by Gasteiger charge is -2.29. The van der Waals surface area contributed by atoms with Gasteiger partial charge in [0.05, 0.1) is 17.5 Å². The van der Waals surface area contributed by atoms with Gasteiger partial charge in [-0.25, -0.2) is 4.98 Å². The topological polar surface area (TPSA) is 110 Å². The lowest BCUT2D eigenvalue weighted by atomic mass is 10.2. The third kappa shape index (κ3) is 4.39. The van der Waals surface area contributed by atoms with Crippen LogP contribution >= 0.6 is 22.9 Å². The first kappa shape index (κ1) is 20.9. The summed E-state index contributed by atoms with van der Waals surface area (Å²) in [6.07, 6.45) is 0. The van der Waals surface area contributed by atoms with Crippen LogP contribution in [0.25, 0.3) is 10.2 Å². The molecule has 1 aliphatic rings. The average Bonchev–Trinajstić information content (AvgIpc) is 3.11. The Morgan fingerprint density at radius 3 is 2.84 bits per heavy atom. The fourth-order valence-electron chi connectivity index (χ4n) is 3.12. The third-order valence-corrected chi connectivity index (χ3v) is 5.57. The molecule has 31 heavy (non-hydrogen) atoms. The minimum absolute atomic E-state index is 0.158. The standard InChI is InChI=1S/C20H17ClN4O5S/c1-10(26)22-20-24-19-15(29-2)6-12(7-16(19)31-20)23-17(27)8-25-13-5-11(21)3-4-14(13)30-9-18(25)28/h3-7H,8-9H2,1-2H3,(H,23,27)(H,22,24,26). The van der Waals surface area contributed by atoms with Gasteiger partial charge in [0, 0.05) is 23.7 Å². The zero-order valence-electron chi connectivity index (χ0n) is 16.5. The zero-order valence-corrected chi connectivity index (χ0v) is 18.1. The smallest absolute Gasteiger partial charge is 0.265 e. The average molecular weight is 461 g/mol. The molecule has 0 radical (unpaired) electrons. The monoisotopic (exact) mass is 460 g/mol. The van der Waals surface area contributed by atoms with E-state index in [1.807, 2.05) is 0 Å². The van der Waals surface area contributed by atoms with Crippen LogP contribution in [0.4, 0.5) is 16.5 Å². The number of aromatic nitrogens is 1. The van der Waals surface area contributed by atoms with Gasteiger partial charge in [-0.3, -0.25) is 19.3 Å². The molecule has 3 amide bonds. The van der Waals surface area contributed by atoms with Gasteiger partial charge in [0.2, 0.25) is 11.8 Å². The van der Waals surface area contributed by atoms with Crippen molar-refractivity contribution >= 4 is 67.4 Å². The van der Waals surface area contributed by atoms with E-state index in [1.54, 1.807) is 30.3 Å². The van der Waals surface area contributed by atoms with Gasteiger partial charge in [0.15, 0.2) is 11.7 Å². The van der Waals surface area contributed by atoms with E-state index in [4.69, 9.17) is 21.1 Å². The molecular formula is C20H17ClN4O5S. The first-order chi connectivity index (χ1) is 14.8. The number of fused-ring (bicyclic) bond motifs is 2. The largest absolute Gasteiger partial charge is 0.494 e. The van der Waals surface area contributed by atoms with Gasteiger partial charge in [-0.05, 0) is 24.3 Å². The van der Waals surface area contributed by atoms with Crippen LogP contribution in [0.3, 0.4) is 0 Å². The molecule has 2 heterocycles. The molecule has 4 rings (SSSR count). The SMILES string of the molecule is COc1cc(NC(=O)CN2C(=O)COc3ccc(Cl)cc32)cc2sc(NC(C)=O)nc12. The Kier molecular flexibility index (Phi) is 5.66. The maximum absolute atomic E-state index is 12.7. The number of halogens is 1. The molecule has 160 valence electrons. The summed E-state index contributed by atoms with van der Waals surface area (Å²) < 4.78 is 11.5. The molecule has 0 saturated carbocycles. The molecule has 0 bridgehead atoms. The summed E-state index contributed by atoms with van der Waals surface area (Å²) in [6, 6.07) is 8.25. The fourth-order valence-corrected chi connectivity index (χ4v) is 4.26. The van der Waals surface area contributed by atoms with Gasteiger partial charge in [0.25, 0.3) is 5.91 Å². The summed E-state index contributed by atoms with van der Waals surface area (Å²) in [5, 5.41) is 6.27. The number of carbonyl (C=O) groups is 3. The molecule has 9 nitrogen and oxygen atoms in total. The summed E-state index contributed by atoms with van der Waals surface area (Å²) in [4.78, 5) is 42.0. The maximum atomic E-state index is 12.7. The summed E-state index contributed by atoms with van der Waals surface area (Å²) in [7, 11) is 1.49. The number of nitrogens with zero attached hydrogens (tertiary/aromatic N) is 2. The predicted molar refractivity (Wildman–Crippen MR) is 118 cm³/mol. The molecule has 2 N–H and O–H groups in total. The highest BCUT2D eigenvalue weighted by Gasteiger charge is 2.27. The third-order valence-electron chi connectivity index (χ3n) is 4.41. The van der Waals surface area contributed by atoms with Crippen LogP contribution in [0.1, 0.15) is 6.92 Å². The highest BCUT2D eigenvalue weighted by atomic mass is 35.5. The van der Waals surface area contributed by atoms with Crippen molar-refractivity contribution in [2.24, 2.45) is 0 Å². The normalized spacial score (nSPS) is 12.9. The zero-order chi connectivity index (χ0) is 22.1. The van der Waals surface area contributed by atoms with Crippen molar-refractivity contribution < 1.29 is 23.9 Å². The molecule has 2 aromatic carbocycles. The van der Waals surface area contributed by atoms with E-state index in [-0.39, 0.29) is 25.0 Å². The summed E-state index contributed by atoms with van der Waals surface area (Å²) >= 11 is 7.29. The van der Waals surface area contributed by atoms with Crippen LogP contribution in [0.5, 0.6) is 11.5 Å². The van der Waals surface area contributed by atoms with Crippen LogP contribution < -0.4 is 25.0 Å². The van der Waals surface area contributed by atoms with E-state index >= 15 is 0 Å². The van der Waals surface area contributed by atoms with E-state index in [0.717, 1.165) is 4.70 Å². The predicted octanol–water partition coefficient (Wildman–Crippen LogP) is 3.28. The Balaban J connectivity index is 1.57. The molecule has 0 unspecified atom stereocenters. The van der Waals surface area contributed by atoms with Crippen molar-refractivity contribution in [3.05, 3.63) is 35.4 Å². The van der Waals surface area contributed by atoms with Crippen LogP contribution in [-0.4, -0.2) is 43.0 Å². The quantitative estimate of drug-likeness (QED) is 0.604. The molecular weight excluding hydrogens is 444 g/mol. The van der Waals surface area contributed by atoms with Crippen molar-refractivity contribution in [2.75, 3.05) is 35.8 Å². The van der Waals surface area contributed by atoms with Crippen LogP contribution in [0.2, 0.25) is 5.02 Å². The number of amides is 3. The Morgan fingerprint density at radius 1 is 1.29 bits per heavy atom. The van der Waals surface area contributed by atoms with Gasteiger partial charge in [-0.15, -0.1) is 0 Å². The molecule has 1 aliphatic heterocycles. The second-order valence-corrected chi connectivity index (χ2v) is 8.12. The number of hydrogen-bond acceptors (Lipinski definition) is 7. The first-order valence-corrected chi connectivity index (χ1v) is 10.3. The Morgan fingerprint density at radius 2 is 2.10 bits per heavy atom. The second kappa shape index (κ2) is 8.40. The van der Waals surface area contributed by atoms with Crippen molar-refractivity contribution in [2.45, 2.75) is 6.92 Å². The van der Waals surface area contributed by atoms with Gasteiger partial charge < -0.3 is 20.1 Å². The van der Waals surface area contributed by atoms with Crippen molar-refractivity contribution in [1.82, 2.24) is 4.98 Å². The molecule has 0 atom stereocenters. The van der Waals surface area contributed by atoms with E-state index in [0.29, 0.717) is 38.5 Å². The van der Waals surface area contributed by atoms with Gasteiger partial charge in [-0.1, -0.05) is 22.9 Å².